The van der Waals surface area contributed by atoms with Gasteiger partial charge in [-0.3, -0.25) is 0 Å². The minimum atomic E-state index is -3.74. The molecule has 0 aliphatic carbocycles. The maximum Gasteiger partial charge on any atom is 0.241 e. The Balaban J connectivity index is 2.37. The number of sulfonamides is 1. The normalized spacial score (nSPS) is 13.4. The number of nitrogens with one attached hydrogen (secondary N) is 1. The molecule has 0 radical (unpaired) electrons. The number of aryl methyl sites for hydroxylation is 2. The molecule has 0 spiro atoms. The Hall–Kier alpha value is -1.66. The van der Waals surface area contributed by atoms with Crippen LogP contribution in [0.2, 0.25) is 0 Å². The zero-order valence-corrected chi connectivity index (χ0v) is 12.3. The third-order valence-electron chi connectivity index (χ3n) is 3.00. The van der Waals surface area contributed by atoms with Gasteiger partial charge in [-0.1, -0.05) is 0 Å². The summed E-state index contributed by atoms with van der Waals surface area (Å²) < 4.78 is 45.8. The summed E-state index contributed by atoms with van der Waals surface area (Å²) in [5, 5.41) is 0. The van der Waals surface area contributed by atoms with Crippen molar-refractivity contribution in [3.8, 4) is 0 Å². The van der Waals surface area contributed by atoms with Gasteiger partial charge in [0, 0.05) is 0 Å². The summed E-state index contributed by atoms with van der Waals surface area (Å²) in [5.41, 5.74) is 0.753. The largest absolute Gasteiger partial charge is 0.468 e. The molecule has 108 valence electrons. The molecule has 0 amide bonds. The Bertz CT molecular complexity index is 685. The molecule has 1 unspecified atom stereocenters. The molecule has 1 N–H and O–H groups in total. The Labute approximate surface area is 117 Å². The van der Waals surface area contributed by atoms with E-state index < -0.39 is 21.9 Å². The van der Waals surface area contributed by atoms with Gasteiger partial charge in [-0.25, -0.2) is 17.5 Å². The molecule has 6 heteroatoms. The van der Waals surface area contributed by atoms with E-state index in [2.05, 4.69) is 4.72 Å². The van der Waals surface area contributed by atoms with Crippen LogP contribution in [0.1, 0.15) is 29.9 Å². The van der Waals surface area contributed by atoms with Crippen LogP contribution < -0.4 is 4.72 Å². The molecule has 20 heavy (non-hydrogen) atoms. The van der Waals surface area contributed by atoms with Gasteiger partial charge in [-0.15, -0.1) is 0 Å². The van der Waals surface area contributed by atoms with E-state index in [1.165, 1.54) is 18.4 Å². The topological polar surface area (TPSA) is 59.3 Å². The summed E-state index contributed by atoms with van der Waals surface area (Å²) in [7, 11) is -3.74. The summed E-state index contributed by atoms with van der Waals surface area (Å²) in [4.78, 5) is 0.109. The number of rotatable bonds is 4. The van der Waals surface area contributed by atoms with Crippen LogP contribution in [0, 0.1) is 19.7 Å². The van der Waals surface area contributed by atoms with Crippen molar-refractivity contribution < 1.29 is 17.2 Å². The van der Waals surface area contributed by atoms with Crippen LogP contribution in [0.3, 0.4) is 0 Å². The van der Waals surface area contributed by atoms with Gasteiger partial charge >= 0.3 is 0 Å². The minimum Gasteiger partial charge on any atom is -0.468 e. The predicted molar refractivity (Wildman–Crippen MR) is 73.3 cm³/mol. The second-order valence-electron chi connectivity index (χ2n) is 4.73. The van der Waals surface area contributed by atoms with E-state index in [0.717, 1.165) is 0 Å². The van der Waals surface area contributed by atoms with Gasteiger partial charge in [0.1, 0.15) is 11.6 Å². The lowest BCUT2D eigenvalue weighted by Crippen LogP contribution is -2.28. The van der Waals surface area contributed by atoms with Crippen molar-refractivity contribution in [2.45, 2.75) is 31.7 Å². The van der Waals surface area contributed by atoms with Crippen molar-refractivity contribution in [1.29, 1.82) is 0 Å². The number of hydrogen-bond donors (Lipinski definition) is 1. The van der Waals surface area contributed by atoms with E-state index in [1.54, 1.807) is 32.9 Å². The minimum absolute atomic E-state index is 0.109. The van der Waals surface area contributed by atoms with Crippen LogP contribution in [0.15, 0.2) is 39.8 Å². The fourth-order valence-electron chi connectivity index (χ4n) is 2.21. The fraction of sp³-hybridized carbons (Fsp3) is 0.286. The maximum absolute atomic E-state index is 13.3. The molecule has 0 fully saturated rings. The molecular weight excluding hydrogens is 281 g/mol. The van der Waals surface area contributed by atoms with E-state index in [1.807, 2.05) is 0 Å². The highest BCUT2D eigenvalue weighted by atomic mass is 32.2. The van der Waals surface area contributed by atoms with Crippen LogP contribution >= 0.6 is 0 Å². The number of furan rings is 1. The smallest absolute Gasteiger partial charge is 0.241 e. The zero-order valence-electron chi connectivity index (χ0n) is 11.5. The number of benzene rings is 1. The highest BCUT2D eigenvalue weighted by molar-refractivity contribution is 7.89. The quantitative estimate of drug-likeness (QED) is 0.943. The lowest BCUT2D eigenvalue weighted by Gasteiger charge is -2.15. The lowest BCUT2D eigenvalue weighted by atomic mass is 10.1. The fourth-order valence-corrected chi connectivity index (χ4v) is 3.87. The van der Waals surface area contributed by atoms with Gasteiger partial charge in [0.05, 0.1) is 17.2 Å². The summed E-state index contributed by atoms with van der Waals surface area (Å²) in [5.74, 6) is 0.0732. The second-order valence-corrected chi connectivity index (χ2v) is 6.38. The summed E-state index contributed by atoms with van der Waals surface area (Å²) >= 11 is 0. The van der Waals surface area contributed by atoms with E-state index in [9.17, 15) is 12.8 Å². The molecule has 1 heterocycles. The molecule has 0 bridgehead atoms. The van der Waals surface area contributed by atoms with Crippen LogP contribution in [0.4, 0.5) is 4.39 Å². The molecule has 4 nitrogen and oxygen atoms in total. The van der Waals surface area contributed by atoms with Crippen LogP contribution in [-0.4, -0.2) is 8.42 Å². The third kappa shape index (κ3) is 2.91. The highest BCUT2D eigenvalue weighted by Crippen LogP contribution is 2.23. The molecule has 1 aromatic carbocycles. The summed E-state index contributed by atoms with van der Waals surface area (Å²) in [6.45, 7) is 4.83. The summed E-state index contributed by atoms with van der Waals surface area (Å²) in [6.07, 6.45) is 1.48. The lowest BCUT2D eigenvalue weighted by molar-refractivity contribution is 0.459. The standard InChI is InChI=1S/C14H16FNO3S/c1-9-7-12(15)8-10(2)14(9)20(17,18)16-11(3)13-5-4-6-19-13/h4-8,11,16H,1-3H3. The molecular formula is C14H16FNO3S. The van der Waals surface area contributed by atoms with Gasteiger partial charge in [0.15, 0.2) is 0 Å². The van der Waals surface area contributed by atoms with Crippen LogP contribution in [0.25, 0.3) is 0 Å². The first kappa shape index (κ1) is 14.7. The SMILES string of the molecule is Cc1cc(F)cc(C)c1S(=O)(=O)NC(C)c1ccco1. The molecule has 0 aliphatic rings. The third-order valence-corrected chi connectivity index (χ3v) is 4.84. The first-order valence-corrected chi connectivity index (χ1v) is 7.62. The van der Waals surface area contributed by atoms with Crippen molar-refractivity contribution >= 4 is 10.0 Å². The van der Waals surface area contributed by atoms with Gasteiger partial charge in [0.2, 0.25) is 10.0 Å². The van der Waals surface area contributed by atoms with Crippen molar-refractivity contribution in [3.63, 3.8) is 0 Å². The molecule has 0 saturated heterocycles. The Kier molecular flexibility index (Phi) is 3.96. The first-order chi connectivity index (χ1) is 9.31. The first-order valence-electron chi connectivity index (χ1n) is 6.14. The van der Waals surface area contributed by atoms with Gasteiger partial charge in [-0.05, 0) is 56.2 Å². The monoisotopic (exact) mass is 297 g/mol. The number of halogens is 1. The Morgan fingerprint density at radius 2 is 1.85 bits per heavy atom. The maximum atomic E-state index is 13.3. The second kappa shape index (κ2) is 5.38. The highest BCUT2D eigenvalue weighted by Gasteiger charge is 2.23. The van der Waals surface area contributed by atoms with E-state index in [0.29, 0.717) is 16.9 Å². The molecule has 2 aromatic rings. The average molecular weight is 297 g/mol. The Morgan fingerprint density at radius 1 is 1.25 bits per heavy atom. The van der Waals surface area contributed by atoms with E-state index in [4.69, 9.17) is 4.42 Å². The molecule has 1 aromatic heterocycles. The van der Waals surface area contributed by atoms with Crippen molar-refractivity contribution in [3.05, 3.63) is 53.2 Å². The van der Waals surface area contributed by atoms with E-state index in [-0.39, 0.29) is 4.90 Å². The van der Waals surface area contributed by atoms with Gasteiger partial charge < -0.3 is 4.42 Å². The van der Waals surface area contributed by atoms with Gasteiger partial charge in [0.25, 0.3) is 0 Å². The Morgan fingerprint density at radius 3 is 2.35 bits per heavy atom. The molecule has 2 rings (SSSR count). The van der Waals surface area contributed by atoms with E-state index >= 15 is 0 Å². The molecule has 0 saturated carbocycles. The van der Waals surface area contributed by atoms with Crippen molar-refractivity contribution in [2.24, 2.45) is 0 Å². The average Bonchev–Trinajstić information content (AvgIpc) is 2.78. The van der Waals surface area contributed by atoms with Crippen molar-refractivity contribution in [1.82, 2.24) is 4.72 Å². The van der Waals surface area contributed by atoms with Gasteiger partial charge in [-0.2, -0.15) is 0 Å². The van der Waals surface area contributed by atoms with Crippen LogP contribution in [0.5, 0.6) is 0 Å². The number of hydrogen-bond acceptors (Lipinski definition) is 3. The molecule has 1 atom stereocenters. The van der Waals surface area contributed by atoms with Crippen molar-refractivity contribution in [2.75, 3.05) is 0 Å². The van der Waals surface area contributed by atoms with Crippen LogP contribution in [-0.2, 0) is 10.0 Å². The summed E-state index contributed by atoms with van der Waals surface area (Å²) in [6, 6.07) is 5.29. The predicted octanol–water partition coefficient (Wildman–Crippen LogP) is 3.08. The zero-order chi connectivity index (χ0) is 14.9. The molecule has 0 aliphatic heterocycles.